The normalized spacial score (nSPS) is 16.4. The summed E-state index contributed by atoms with van der Waals surface area (Å²) in [5.74, 6) is -0.0106. The molecule has 0 bridgehead atoms. The number of amides is 1. The Hall–Kier alpha value is -2.21. The number of hydrogen-bond donors (Lipinski definition) is 1. The zero-order chi connectivity index (χ0) is 18.0. The number of ether oxygens (including phenoxy) is 1. The van der Waals surface area contributed by atoms with Crippen molar-refractivity contribution in [3.8, 4) is 0 Å². The summed E-state index contributed by atoms with van der Waals surface area (Å²) in [6.07, 6.45) is 5.78. The molecule has 0 saturated heterocycles. The van der Waals surface area contributed by atoms with Gasteiger partial charge in [0, 0.05) is 22.8 Å². The first kappa shape index (κ1) is 17.6. The van der Waals surface area contributed by atoms with Gasteiger partial charge in [0.15, 0.2) is 0 Å². The van der Waals surface area contributed by atoms with Crippen molar-refractivity contribution >= 4 is 28.2 Å². The van der Waals surface area contributed by atoms with Crippen molar-refractivity contribution in [2.75, 3.05) is 5.32 Å². The molecular weight excluding hydrogens is 336 g/mol. The molecule has 3 rings (SSSR count). The van der Waals surface area contributed by atoms with Crippen LogP contribution < -0.4 is 5.32 Å². The third-order valence-corrected chi connectivity index (χ3v) is 5.40. The Bertz CT molecular complexity index is 783. The molecule has 132 valence electrons. The van der Waals surface area contributed by atoms with Crippen LogP contribution in [0.4, 0.5) is 5.00 Å². The molecule has 0 aromatic carbocycles. The molecule has 1 amide bonds. The van der Waals surface area contributed by atoms with Gasteiger partial charge in [0.1, 0.15) is 5.00 Å². The minimum Gasteiger partial charge on any atom is -0.459 e. The highest BCUT2D eigenvalue weighted by Crippen LogP contribution is 2.40. The largest absolute Gasteiger partial charge is 0.459 e. The Morgan fingerprint density at radius 1 is 1.32 bits per heavy atom. The average molecular weight is 358 g/mol. The maximum Gasteiger partial charge on any atom is 0.341 e. The molecule has 25 heavy (non-hydrogen) atoms. The second-order valence-corrected chi connectivity index (χ2v) is 7.81. The highest BCUT2D eigenvalue weighted by molar-refractivity contribution is 7.17. The lowest BCUT2D eigenvalue weighted by molar-refractivity contribution is 0.0378. The molecule has 1 aliphatic rings. The van der Waals surface area contributed by atoms with Crippen molar-refractivity contribution in [3.05, 3.63) is 46.1 Å². The fourth-order valence-corrected chi connectivity index (χ4v) is 4.40. The number of fused-ring (bicyclic) bond motifs is 1. The number of rotatable bonds is 4. The summed E-state index contributed by atoms with van der Waals surface area (Å²) >= 11 is 1.50. The number of hydrogen-bond acceptors (Lipinski definition) is 5. The van der Waals surface area contributed by atoms with E-state index < -0.39 is 0 Å². The number of nitrogens with one attached hydrogen (secondary N) is 1. The van der Waals surface area contributed by atoms with Gasteiger partial charge in [0.05, 0.1) is 11.7 Å². The maximum absolute atomic E-state index is 12.6. The van der Waals surface area contributed by atoms with E-state index in [1.807, 2.05) is 13.8 Å². The predicted octanol–water partition coefficient (Wildman–Crippen LogP) is 4.09. The minimum atomic E-state index is -0.355. The Labute approximate surface area is 151 Å². The van der Waals surface area contributed by atoms with Gasteiger partial charge in [-0.15, -0.1) is 11.3 Å². The van der Waals surface area contributed by atoms with Crippen molar-refractivity contribution in [1.82, 2.24) is 4.98 Å². The highest BCUT2D eigenvalue weighted by atomic mass is 32.1. The van der Waals surface area contributed by atoms with Gasteiger partial charge in [-0.1, -0.05) is 6.92 Å². The van der Waals surface area contributed by atoms with E-state index in [0.29, 0.717) is 22.0 Å². The third-order valence-electron chi connectivity index (χ3n) is 4.23. The topological polar surface area (TPSA) is 68.3 Å². The molecule has 0 aliphatic heterocycles. The maximum atomic E-state index is 12.6. The fraction of sp³-hybridized carbons (Fsp3) is 0.421. The lowest BCUT2D eigenvalue weighted by Crippen LogP contribution is -2.18. The van der Waals surface area contributed by atoms with Gasteiger partial charge < -0.3 is 10.1 Å². The van der Waals surface area contributed by atoms with Crippen LogP contribution in [0, 0.1) is 5.92 Å². The molecule has 0 fully saturated rings. The minimum absolute atomic E-state index is 0.200. The molecule has 6 heteroatoms. The lowest BCUT2D eigenvalue weighted by Gasteiger charge is -2.18. The van der Waals surface area contributed by atoms with Crippen LogP contribution in [-0.2, 0) is 17.6 Å². The monoisotopic (exact) mass is 358 g/mol. The van der Waals surface area contributed by atoms with Gasteiger partial charge in [0.2, 0.25) is 0 Å². The molecule has 2 aromatic heterocycles. The number of carbonyl (C=O) groups is 2. The molecule has 1 atom stereocenters. The van der Waals surface area contributed by atoms with Crippen LogP contribution in [0.1, 0.15) is 58.3 Å². The van der Waals surface area contributed by atoms with Crippen LogP contribution in [-0.4, -0.2) is 23.0 Å². The molecule has 0 radical (unpaired) electrons. The Morgan fingerprint density at radius 3 is 2.72 bits per heavy atom. The zero-order valence-electron chi connectivity index (χ0n) is 14.7. The van der Waals surface area contributed by atoms with E-state index in [4.69, 9.17) is 4.74 Å². The van der Waals surface area contributed by atoms with E-state index in [9.17, 15) is 9.59 Å². The standard InChI is InChI=1S/C19H22N2O3S/c1-11(2)24-19(23)16-14-5-4-12(3)10-15(14)25-18(16)21-17(22)13-6-8-20-9-7-13/h6-9,11-12H,4-5,10H2,1-3H3,(H,21,22)/t12-/m0/s1. The first-order valence-corrected chi connectivity index (χ1v) is 9.34. The van der Waals surface area contributed by atoms with Crippen LogP contribution in [0.15, 0.2) is 24.5 Å². The molecular formula is C19H22N2O3S. The van der Waals surface area contributed by atoms with Gasteiger partial charge in [0.25, 0.3) is 5.91 Å². The molecule has 5 nitrogen and oxygen atoms in total. The van der Waals surface area contributed by atoms with E-state index in [2.05, 4.69) is 17.2 Å². The lowest BCUT2D eigenvalue weighted by atomic mass is 9.88. The van der Waals surface area contributed by atoms with E-state index in [0.717, 1.165) is 24.8 Å². The SMILES string of the molecule is CC(C)OC(=O)c1c(NC(=O)c2ccncc2)sc2c1CC[C@H](C)C2. The molecule has 1 N–H and O–H groups in total. The van der Waals surface area contributed by atoms with Gasteiger partial charge in [-0.2, -0.15) is 0 Å². The fourth-order valence-electron chi connectivity index (χ4n) is 3.01. The number of aromatic nitrogens is 1. The van der Waals surface area contributed by atoms with E-state index in [1.54, 1.807) is 24.5 Å². The van der Waals surface area contributed by atoms with Gasteiger partial charge in [-0.3, -0.25) is 9.78 Å². The second-order valence-electron chi connectivity index (χ2n) is 6.70. The summed E-state index contributed by atoms with van der Waals surface area (Å²) in [6.45, 7) is 5.87. The second kappa shape index (κ2) is 7.35. The summed E-state index contributed by atoms with van der Waals surface area (Å²) in [5, 5.41) is 3.49. The van der Waals surface area contributed by atoms with Gasteiger partial charge >= 0.3 is 5.97 Å². The molecule has 0 saturated carbocycles. The van der Waals surface area contributed by atoms with Crippen molar-refractivity contribution in [1.29, 1.82) is 0 Å². The number of carbonyl (C=O) groups excluding carboxylic acids is 2. The van der Waals surface area contributed by atoms with Crippen LogP contribution in [0.5, 0.6) is 0 Å². The molecule has 0 unspecified atom stereocenters. The summed E-state index contributed by atoms with van der Waals surface area (Å²) < 4.78 is 5.42. The van der Waals surface area contributed by atoms with Crippen molar-refractivity contribution in [2.45, 2.75) is 46.1 Å². The van der Waals surface area contributed by atoms with E-state index >= 15 is 0 Å². The Kier molecular flexibility index (Phi) is 5.18. The Balaban J connectivity index is 1.94. The first-order chi connectivity index (χ1) is 12.0. The van der Waals surface area contributed by atoms with Crippen LogP contribution in [0.25, 0.3) is 0 Å². The highest BCUT2D eigenvalue weighted by Gasteiger charge is 2.29. The number of pyridine rings is 1. The van der Waals surface area contributed by atoms with Crippen molar-refractivity contribution in [3.63, 3.8) is 0 Å². The third kappa shape index (κ3) is 3.90. The summed E-state index contributed by atoms with van der Waals surface area (Å²) in [6, 6.07) is 3.30. The number of anilines is 1. The van der Waals surface area contributed by atoms with Gasteiger partial charge in [-0.05, 0) is 56.7 Å². The average Bonchev–Trinajstić information content (AvgIpc) is 2.91. The molecule has 2 aromatic rings. The molecule has 0 spiro atoms. The number of thiophene rings is 1. The molecule has 1 aliphatic carbocycles. The van der Waals surface area contributed by atoms with E-state index in [1.165, 1.54) is 16.2 Å². The smallest absolute Gasteiger partial charge is 0.341 e. The first-order valence-electron chi connectivity index (χ1n) is 8.52. The quantitative estimate of drug-likeness (QED) is 0.836. The Morgan fingerprint density at radius 2 is 2.04 bits per heavy atom. The predicted molar refractivity (Wildman–Crippen MR) is 98.2 cm³/mol. The van der Waals surface area contributed by atoms with Crippen LogP contribution >= 0.6 is 11.3 Å². The summed E-state index contributed by atoms with van der Waals surface area (Å²) in [4.78, 5) is 30.2. The van der Waals surface area contributed by atoms with Crippen molar-refractivity contribution in [2.24, 2.45) is 5.92 Å². The number of esters is 1. The van der Waals surface area contributed by atoms with E-state index in [-0.39, 0.29) is 18.0 Å². The molecule has 2 heterocycles. The van der Waals surface area contributed by atoms with Gasteiger partial charge in [-0.25, -0.2) is 4.79 Å². The zero-order valence-corrected chi connectivity index (χ0v) is 15.5. The number of nitrogens with zero attached hydrogens (tertiary/aromatic N) is 1. The van der Waals surface area contributed by atoms with Crippen molar-refractivity contribution < 1.29 is 14.3 Å². The van der Waals surface area contributed by atoms with Crippen LogP contribution in [0.3, 0.4) is 0 Å². The summed E-state index contributed by atoms with van der Waals surface area (Å²) in [7, 11) is 0. The summed E-state index contributed by atoms with van der Waals surface area (Å²) in [5.41, 5.74) is 2.08. The van der Waals surface area contributed by atoms with Crippen LogP contribution in [0.2, 0.25) is 0 Å².